The molecule has 0 aliphatic heterocycles. The summed E-state index contributed by atoms with van der Waals surface area (Å²) < 4.78 is 16.4. The second kappa shape index (κ2) is 9.64. The Balaban J connectivity index is 2.55. The molecule has 0 atom stereocenters. The Kier molecular flexibility index (Phi) is 8.02. The maximum Gasteiger partial charge on any atom is 0.127 e. The summed E-state index contributed by atoms with van der Waals surface area (Å²) in [7, 11) is 1.66. The monoisotopic (exact) mass is 267 g/mol. The molecule has 1 N–H and O–H groups in total. The second-order valence-electron chi connectivity index (χ2n) is 4.15. The Labute approximate surface area is 116 Å². The zero-order valence-electron chi connectivity index (χ0n) is 12.2. The Morgan fingerprint density at radius 2 is 2.00 bits per heavy atom. The normalized spacial score (nSPS) is 10.5. The minimum Gasteiger partial charge on any atom is -0.497 e. The lowest BCUT2D eigenvalue weighted by molar-refractivity contribution is 0.130. The highest BCUT2D eigenvalue weighted by atomic mass is 16.5. The van der Waals surface area contributed by atoms with E-state index in [4.69, 9.17) is 14.2 Å². The molecule has 0 amide bonds. The van der Waals surface area contributed by atoms with Crippen molar-refractivity contribution in [3.05, 3.63) is 23.8 Å². The van der Waals surface area contributed by atoms with Gasteiger partial charge in [0.25, 0.3) is 0 Å². The molecule has 19 heavy (non-hydrogen) atoms. The minimum absolute atomic E-state index is 0.659. The van der Waals surface area contributed by atoms with Gasteiger partial charge in [-0.15, -0.1) is 0 Å². The van der Waals surface area contributed by atoms with Gasteiger partial charge in [0, 0.05) is 37.8 Å². The van der Waals surface area contributed by atoms with Gasteiger partial charge in [-0.3, -0.25) is 0 Å². The van der Waals surface area contributed by atoms with Gasteiger partial charge in [-0.25, -0.2) is 0 Å². The average molecular weight is 267 g/mol. The van der Waals surface area contributed by atoms with Gasteiger partial charge in [-0.2, -0.15) is 0 Å². The van der Waals surface area contributed by atoms with Gasteiger partial charge in [0.05, 0.1) is 13.7 Å². The first-order valence-electron chi connectivity index (χ1n) is 6.90. The molecular weight excluding hydrogens is 242 g/mol. The van der Waals surface area contributed by atoms with Crippen LogP contribution in [0, 0.1) is 0 Å². The quantitative estimate of drug-likeness (QED) is 0.661. The summed E-state index contributed by atoms with van der Waals surface area (Å²) in [6.07, 6.45) is 0.895. The van der Waals surface area contributed by atoms with E-state index in [1.165, 1.54) is 0 Å². The number of ether oxygens (including phenoxy) is 3. The minimum atomic E-state index is 0.659. The molecule has 0 aliphatic carbocycles. The van der Waals surface area contributed by atoms with E-state index in [-0.39, 0.29) is 0 Å². The lowest BCUT2D eigenvalue weighted by Gasteiger charge is -2.13. The molecule has 0 unspecified atom stereocenters. The van der Waals surface area contributed by atoms with Crippen molar-refractivity contribution in [2.75, 3.05) is 33.5 Å². The Morgan fingerprint density at radius 3 is 2.68 bits per heavy atom. The summed E-state index contributed by atoms with van der Waals surface area (Å²) in [6.45, 7) is 7.99. The van der Waals surface area contributed by atoms with Crippen molar-refractivity contribution in [1.29, 1.82) is 0 Å². The molecular formula is C15H25NO3. The third-order valence-electron chi connectivity index (χ3n) is 2.73. The number of hydrogen-bond donors (Lipinski definition) is 1. The summed E-state index contributed by atoms with van der Waals surface area (Å²) >= 11 is 0. The third-order valence-corrected chi connectivity index (χ3v) is 2.73. The van der Waals surface area contributed by atoms with Crippen molar-refractivity contribution in [2.24, 2.45) is 0 Å². The van der Waals surface area contributed by atoms with E-state index in [0.29, 0.717) is 6.61 Å². The molecule has 4 heteroatoms. The standard InChI is InChI=1S/C15H25NO3/c1-4-16-12-13-7-8-14(17-3)11-15(13)19-10-6-9-18-5-2/h7-8,11,16H,4-6,9-10,12H2,1-3H3. The number of methoxy groups -OCH3 is 1. The molecule has 0 saturated heterocycles. The van der Waals surface area contributed by atoms with Crippen molar-refractivity contribution < 1.29 is 14.2 Å². The fraction of sp³-hybridized carbons (Fsp3) is 0.600. The third kappa shape index (κ3) is 5.94. The zero-order chi connectivity index (χ0) is 13.9. The summed E-state index contributed by atoms with van der Waals surface area (Å²) in [5, 5.41) is 3.31. The van der Waals surface area contributed by atoms with Crippen LogP contribution in [0.15, 0.2) is 18.2 Å². The SMILES string of the molecule is CCNCc1ccc(OC)cc1OCCCOCC. The predicted octanol–water partition coefficient (Wildman–Crippen LogP) is 2.61. The topological polar surface area (TPSA) is 39.7 Å². The van der Waals surface area contributed by atoms with Crippen LogP contribution in [0.25, 0.3) is 0 Å². The number of nitrogens with one attached hydrogen (secondary N) is 1. The number of benzene rings is 1. The molecule has 0 saturated carbocycles. The van der Waals surface area contributed by atoms with E-state index >= 15 is 0 Å². The molecule has 108 valence electrons. The number of rotatable bonds is 10. The molecule has 0 spiro atoms. The van der Waals surface area contributed by atoms with Gasteiger partial charge in [-0.05, 0) is 19.5 Å². The van der Waals surface area contributed by atoms with E-state index < -0.39 is 0 Å². The molecule has 0 bridgehead atoms. The van der Waals surface area contributed by atoms with E-state index in [1.54, 1.807) is 7.11 Å². The first-order chi connectivity index (χ1) is 9.31. The Bertz CT molecular complexity index is 355. The highest BCUT2D eigenvalue weighted by molar-refractivity contribution is 5.40. The van der Waals surface area contributed by atoms with Gasteiger partial charge in [0.15, 0.2) is 0 Å². The average Bonchev–Trinajstić information content (AvgIpc) is 2.45. The molecule has 1 aromatic rings. The maximum atomic E-state index is 5.82. The van der Waals surface area contributed by atoms with Gasteiger partial charge in [0.1, 0.15) is 11.5 Å². The van der Waals surface area contributed by atoms with E-state index in [9.17, 15) is 0 Å². The molecule has 1 rings (SSSR count). The van der Waals surface area contributed by atoms with Crippen molar-refractivity contribution >= 4 is 0 Å². The predicted molar refractivity (Wildman–Crippen MR) is 77.0 cm³/mol. The van der Waals surface area contributed by atoms with Gasteiger partial charge in [-0.1, -0.05) is 13.0 Å². The van der Waals surface area contributed by atoms with Crippen LogP contribution in [0.4, 0.5) is 0 Å². The highest BCUT2D eigenvalue weighted by Gasteiger charge is 2.05. The molecule has 4 nitrogen and oxygen atoms in total. The molecule has 0 aliphatic rings. The molecule has 1 aromatic carbocycles. The van der Waals surface area contributed by atoms with Crippen molar-refractivity contribution in [1.82, 2.24) is 5.32 Å². The summed E-state index contributed by atoms with van der Waals surface area (Å²) in [5.74, 6) is 1.71. The number of hydrogen-bond acceptors (Lipinski definition) is 4. The highest BCUT2D eigenvalue weighted by Crippen LogP contribution is 2.25. The smallest absolute Gasteiger partial charge is 0.127 e. The lowest BCUT2D eigenvalue weighted by atomic mass is 10.2. The van der Waals surface area contributed by atoms with Crippen LogP contribution >= 0.6 is 0 Å². The largest absolute Gasteiger partial charge is 0.497 e. The lowest BCUT2D eigenvalue weighted by Crippen LogP contribution is -2.13. The van der Waals surface area contributed by atoms with Crippen LogP contribution in [0.5, 0.6) is 11.5 Å². The van der Waals surface area contributed by atoms with Crippen LogP contribution in [-0.4, -0.2) is 33.5 Å². The summed E-state index contributed by atoms with van der Waals surface area (Å²) in [6, 6.07) is 5.94. The molecule has 0 heterocycles. The van der Waals surface area contributed by atoms with E-state index in [2.05, 4.69) is 12.2 Å². The Hall–Kier alpha value is -1.26. The van der Waals surface area contributed by atoms with Crippen LogP contribution in [0.3, 0.4) is 0 Å². The Morgan fingerprint density at radius 1 is 1.16 bits per heavy atom. The van der Waals surface area contributed by atoms with Crippen LogP contribution < -0.4 is 14.8 Å². The van der Waals surface area contributed by atoms with Crippen LogP contribution in [0.2, 0.25) is 0 Å². The van der Waals surface area contributed by atoms with Crippen molar-refractivity contribution in [3.8, 4) is 11.5 Å². The van der Waals surface area contributed by atoms with Crippen molar-refractivity contribution in [2.45, 2.75) is 26.8 Å². The molecule has 0 radical (unpaired) electrons. The van der Waals surface area contributed by atoms with Crippen LogP contribution in [0.1, 0.15) is 25.8 Å². The van der Waals surface area contributed by atoms with Gasteiger partial charge >= 0.3 is 0 Å². The summed E-state index contributed by atoms with van der Waals surface area (Å²) in [4.78, 5) is 0. The maximum absolute atomic E-state index is 5.82. The first-order valence-corrected chi connectivity index (χ1v) is 6.90. The van der Waals surface area contributed by atoms with Gasteiger partial charge < -0.3 is 19.5 Å². The van der Waals surface area contributed by atoms with E-state index in [1.807, 2.05) is 25.1 Å². The summed E-state index contributed by atoms with van der Waals surface area (Å²) in [5.41, 5.74) is 1.15. The second-order valence-corrected chi connectivity index (χ2v) is 4.15. The fourth-order valence-electron chi connectivity index (χ4n) is 1.69. The molecule has 0 fully saturated rings. The van der Waals surface area contributed by atoms with Crippen molar-refractivity contribution in [3.63, 3.8) is 0 Å². The van der Waals surface area contributed by atoms with Crippen LogP contribution in [-0.2, 0) is 11.3 Å². The molecule has 0 aromatic heterocycles. The fourth-order valence-corrected chi connectivity index (χ4v) is 1.69. The van der Waals surface area contributed by atoms with Gasteiger partial charge in [0.2, 0.25) is 0 Å². The zero-order valence-corrected chi connectivity index (χ0v) is 12.2. The van der Waals surface area contributed by atoms with E-state index in [0.717, 1.165) is 49.8 Å². The first kappa shape index (κ1) is 15.8.